The second kappa shape index (κ2) is 10.7. The summed E-state index contributed by atoms with van der Waals surface area (Å²) in [6.07, 6.45) is 8.24. The highest BCUT2D eigenvalue weighted by atomic mass is 35.5. The van der Waals surface area contributed by atoms with Gasteiger partial charge in [0.2, 0.25) is 5.91 Å². The number of carbonyl (C=O) groups excluding carboxylic acids is 1. The summed E-state index contributed by atoms with van der Waals surface area (Å²) in [7, 11) is 0. The van der Waals surface area contributed by atoms with Gasteiger partial charge in [-0.1, -0.05) is 73.3 Å². The Morgan fingerprint density at radius 2 is 1.77 bits per heavy atom. The van der Waals surface area contributed by atoms with Crippen LogP contribution in [0.25, 0.3) is 10.9 Å². The van der Waals surface area contributed by atoms with Crippen LogP contribution in [0.1, 0.15) is 61.1 Å². The molecule has 0 saturated heterocycles. The van der Waals surface area contributed by atoms with Gasteiger partial charge in [-0.2, -0.15) is 0 Å². The molecule has 1 saturated carbocycles. The number of aromatic nitrogens is 1. The average Bonchev–Trinajstić information content (AvgIpc) is 3.23. The molecule has 1 aliphatic carbocycles. The van der Waals surface area contributed by atoms with Crippen LogP contribution in [0.5, 0.6) is 0 Å². The maximum Gasteiger partial charge on any atom is 0.221 e. The first-order valence-corrected chi connectivity index (χ1v) is 12.8. The highest BCUT2D eigenvalue weighted by Crippen LogP contribution is 2.36. The van der Waals surface area contributed by atoms with Crippen molar-refractivity contribution in [2.75, 3.05) is 0 Å². The topological polar surface area (TPSA) is 34.0 Å². The molecule has 35 heavy (non-hydrogen) atoms. The van der Waals surface area contributed by atoms with E-state index in [1.165, 1.54) is 31.4 Å². The molecule has 1 unspecified atom stereocenters. The van der Waals surface area contributed by atoms with E-state index in [1.807, 2.05) is 42.5 Å². The summed E-state index contributed by atoms with van der Waals surface area (Å²) in [6, 6.07) is 23.0. The number of amides is 1. The zero-order chi connectivity index (χ0) is 24.2. The Morgan fingerprint density at radius 3 is 2.54 bits per heavy atom. The Morgan fingerprint density at radius 1 is 1.00 bits per heavy atom. The van der Waals surface area contributed by atoms with Crippen molar-refractivity contribution in [2.45, 2.75) is 57.0 Å². The first-order chi connectivity index (χ1) is 17.1. The summed E-state index contributed by atoms with van der Waals surface area (Å²) >= 11 is 6.38. The quantitative estimate of drug-likeness (QED) is 0.288. The predicted molar refractivity (Wildman–Crippen MR) is 140 cm³/mol. The van der Waals surface area contributed by atoms with Crippen LogP contribution in [-0.2, 0) is 11.3 Å². The predicted octanol–water partition coefficient (Wildman–Crippen LogP) is 7.45. The van der Waals surface area contributed by atoms with Crippen molar-refractivity contribution in [2.24, 2.45) is 0 Å². The molecule has 1 N–H and O–H groups in total. The van der Waals surface area contributed by atoms with E-state index >= 15 is 0 Å². The van der Waals surface area contributed by atoms with Crippen LogP contribution in [0.2, 0.25) is 5.02 Å². The largest absolute Gasteiger partial charge is 0.353 e. The fourth-order valence-electron chi connectivity index (χ4n) is 5.32. The second-order valence-corrected chi connectivity index (χ2v) is 10.0. The molecule has 1 aliphatic rings. The van der Waals surface area contributed by atoms with Crippen molar-refractivity contribution in [3.63, 3.8) is 0 Å². The van der Waals surface area contributed by atoms with Crippen molar-refractivity contribution < 1.29 is 9.18 Å². The number of fused-ring (bicyclic) bond motifs is 1. The van der Waals surface area contributed by atoms with Crippen molar-refractivity contribution in [1.82, 2.24) is 9.88 Å². The molecule has 180 valence electrons. The lowest BCUT2D eigenvalue weighted by Gasteiger charge is -2.24. The third-order valence-electron chi connectivity index (χ3n) is 7.07. The van der Waals surface area contributed by atoms with E-state index in [-0.39, 0.29) is 23.7 Å². The van der Waals surface area contributed by atoms with Crippen molar-refractivity contribution in [1.29, 1.82) is 0 Å². The number of nitrogens with one attached hydrogen (secondary N) is 1. The van der Waals surface area contributed by atoms with Crippen LogP contribution in [0.3, 0.4) is 0 Å². The van der Waals surface area contributed by atoms with Crippen LogP contribution < -0.4 is 5.32 Å². The molecule has 0 aliphatic heterocycles. The summed E-state index contributed by atoms with van der Waals surface area (Å²) < 4.78 is 15.6. The molecule has 3 nitrogen and oxygen atoms in total. The van der Waals surface area contributed by atoms with Gasteiger partial charge in [0, 0.05) is 47.0 Å². The Kier molecular flexibility index (Phi) is 7.19. The molecule has 1 aromatic heterocycles. The van der Waals surface area contributed by atoms with Gasteiger partial charge in [0.15, 0.2) is 0 Å². The van der Waals surface area contributed by atoms with E-state index in [9.17, 15) is 9.18 Å². The van der Waals surface area contributed by atoms with Gasteiger partial charge in [-0.25, -0.2) is 4.39 Å². The molecule has 0 radical (unpaired) electrons. The van der Waals surface area contributed by atoms with Crippen LogP contribution in [0, 0.1) is 5.82 Å². The van der Waals surface area contributed by atoms with Gasteiger partial charge < -0.3 is 9.88 Å². The first-order valence-electron chi connectivity index (χ1n) is 12.4. The lowest BCUT2D eigenvalue weighted by atomic mass is 9.87. The molecular formula is C30H30ClFN2O. The zero-order valence-electron chi connectivity index (χ0n) is 19.7. The Bertz CT molecular complexity index is 1310. The van der Waals surface area contributed by atoms with Crippen molar-refractivity contribution in [3.8, 4) is 0 Å². The Hall–Kier alpha value is -3.11. The smallest absolute Gasteiger partial charge is 0.221 e. The number of hydrogen-bond donors (Lipinski definition) is 1. The van der Waals surface area contributed by atoms with E-state index in [4.69, 9.17) is 11.6 Å². The minimum Gasteiger partial charge on any atom is -0.353 e. The second-order valence-electron chi connectivity index (χ2n) is 9.57. The third kappa shape index (κ3) is 5.59. The number of nitrogens with zero attached hydrogens (tertiary/aromatic N) is 1. The molecule has 0 spiro atoms. The van der Waals surface area contributed by atoms with Gasteiger partial charge in [0.05, 0.1) is 0 Å². The molecule has 1 atom stereocenters. The fraction of sp³-hybridized carbons (Fsp3) is 0.300. The van der Waals surface area contributed by atoms with Crippen LogP contribution >= 0.6 is 11.6 Å². The molecule has 0 bridgehead atoms. The van der Waals surface area contributed by atoms with Gasteiger partial charge in [-0.3, -0.25) is 4.79 Å². The van der Waals surface area contributed by atoms with E-state index in [0.717, 1.165) is 40.4 Å². The molecule has 3 aromatic carbocycles. The standard InChI is InChI=1S/C30H30ClFN2O/c31-23-8-6-7-22(17-23)27(18-30(35)33-25-9-2-1-3-10-25)28-20-34(29-12-5-4-11-26(28)29)19-21-13-15-24(32)16-14-21/h4-8,11-17,20,25,27H,1-3,9-10,18-19H2,(H,33,35). The summed E-state index contributed by atoms with van der Waals surface area (Å²) in [5.74, 6) is -0.286. The fourth-order valence-corrected chi connectivity index (χ4v) is 5.52. The lowest BCUT2D eigenvalue weighted by molar-refractivity contribution is -0.122. The molecule has 5 rings (SSSR count). The third-order valence-corrected chi connectivity index (χ3v) is 7.31. The molecule has 1 fully saturated rings. The number of rotatable bonds is 7. The van der Waals surface area contributed by atoms with Gasteiger partial charge >= 0.3 is 0 Å². The van der Waals surface area contributed by atoms with E-state index in [1.54, 1.807) is 0 Å². The minimum absolute atomic E-state index is 0.0808. The highest BCUT2D eigenvalue weighted by molar-refractivity contribution is 6.30. The molecule has 1 amide bonds. The van der Waals surface area contributed by atoms with E-state index in [2.05, 4.69) is 34.3 Å². The molecule has 1 heterocycles. The molecular weight excluding hydrogens is 459 g/mol. The molecule has 5 heteroatoms. The normalized spacial score (nSPS) is 15.3. The average molecular weight is 489 g/mol. The Balaban J connectivity index is 1.51. The number of halogens is 2. The van der Waals surface area contributed by atoms with Crippen LogP contribution in [0.15, 0.2) is 79.0 Å². The number of hydrogen-bond acceptors (Lipinski definition) is 1. The first kappa shape index (κ1) is 23.6. The maximum absolute atomic E-state index is 13.4. The zero-order valence-corrected chi connectivity index (χ0v) is 20.5. The maximum atomic E-state index is 13.4. The summed E-state index contributed by atoms with van der Waals surface area (Å²) in [5.41, 5.74) is 4.24. The summed E-state index contributed by atoms with van der Waals surface area (Å²) in [4.78, 5) is 13.2. The monoisotopic (exact) mass is 488 g/mol. The van der Waals surface area contributed by atoms with Gasteiger partial charge in [0.25, 0.3) is 0 Å². The number of benzene rings is 3. The summed E-state index contributed by atoms with van der Waals surface area (Å²) in [6.45, 7) is 0.622. The minimum atomic E-state index is -0.239. The highest BCUT2D eigenvalue weighted by Gasteiger charge is 2.25. The Labute approximate surface area is 210 Å². The lowest BCUT2D eigenvalue weighted by Crippen LogP contribution is -2.36. The van der Waals surface area contributed by atoms with E-state index in [0.29, 0.717) is 18.0 Å². The number of carbonyl (C=O) groups is 1. The van der Waals surface area contributed by atoms with Crippen LogP contribution in [0.4, 0.5) is 4.39 Å². The van der Waals surface area contributed by atoms with Gasteiger partial charge in [-0.05, 0) is 59.9 Å². The van der Waals surface area contributed by atoms with Gasteiger partial charge in [0.1, 0.15) is 5.82 Å². The summed E-state index contributed by atoms with van der Waals surface area (Å²) in [5, 5.41) is 5.07. The van der Waals surface area contributed by atoms with Crippen molar-refractivity contribution in [3.05, 3.63) is 107 Å². The van der Waals surface area contributed by atoms with Gasteiger partial charge in [-0.15, -0.1) is 0 Å². The SMILES string of the molecule is O=C(CC(c1cccc(Cl)c1)c1cn(Cc2ccc(F)cc2)c2ccccc12)NC1CCCCC1. The molecule has 4 aromatic rings. The van der Waals surface area contributed by atoms with Crippen LogP contribution in [-0.4, -0.2) is 16.5 Å². The number of para-hydroxylation sites is 1. The van der Waals surface area contributed by atoms with E-state index < -0.39 is 0 Å². The van der Waals surface area contributed by atoms with Crippen molar-refractivity contribution >= 4 is 28.4 Å².